The Bertz CT molecular complexity index is 532. The molecule has 0 unspecified atom stereocenters. The number of aliphatic hydroxyl groups is 4. The highest BCUT2D eigenvalue weighted by molar-refractivity contribution is 5.73. The lowest BCUT2D eigenvalue weighted by Crippen LogP contribution is -2.60. The second-order valence-corrected chi connectivity index (χ2v) is 5.18. The predicted octanol–water partition coefficient (Wildman–Crippen LogP) is -1.42. The van der Waals surface area contributed by atoms with E-state index in [4.69, 9.17) is 14.6 Å². The first-order valence-corrected chi connectivity index (χ1v) is 7.09. The van der Waals surface area contributed by atoms with Gasteiger partial charge in [-0.25, -0.2) is 0 Å². The van der Waals surface area contributed by atoms with Crippen LogP contribution in [0.25, 0.3) is 0 Å². The predicted molar refractivity (Wildman–Crippen MR) is 76.6 cm³/mol. The van der Waals surface area contributed by atoms with Gasteiger partial charge >= 0.3 is 5.97 Å². The third-order valence-corrected chi connectivity index (χ3v) is 3.63. The summed E-state index contributed by atoms with van der Waals surface area (Å²) in [5, 5.41) is 38.6. The maximum absolute atomic E-state index is 11.4. The lowest BCUT2D eigenvalue weighted by atomic mass is 9.99. The van der Waals surface area contributed by atoms with E-state index in [2.05, 4.69) is 4.74 Å². The van der Waals surface area contributed by atoms with Crippen molar-refractivity contribution in [3.05, 3.63) is 29.8 Å². The van der Waals surface area contributed by atoms with Crippen LogP contribution in [-0.2, 0) is 20.7 Å². The molecule has 0 bridgehead atoms. The molecule has 5 atom stereocenters. The number of esters is 1. The number of aliphatic hydroxyl groups excluding tert-OH is 4. The number of methoxy groups -OCH3 is 1. The van der Waals surface area contributed by atoms with Crippen molar-refractivity contribution in [1.82, 2.24) is 0 Å². The first-order valence-electron chi connectivity index (χ1n) is 7.09. The maximum Gasteiger partial charge on any atom is 0.310 e. The summed E-state index contributed by atoms with van der Waals surface area (Å²) in [6, 6.07) is 6.59. The fraction of sp³-hybridized carbons (Fsp3) is 0.533. The van der Waals surface area contributed by atoms with Crippen molar-refractivity contribution in [1.29, 1.82) is 0 Å². The SMILES string of the molecule is COC(=O)Cc1ccccc1O[C@@H]1O[C@H](CO)[C@@H](O)[C@H](O)[C@H]1O. The van der Waals surface area contributed by atoms with Gasteiger partial charge in [0.15, 0.2) is 0 Å². The summed E-state index contributed by atoms with van der Waals surface area (Å²) >= 11 is 0. The van der Waals surface area contributed by atoms with E-state index in [1.807, 2.05) is 0 Å². The second kappa shape index (κ2) is 7.71. The molecule has 0 radical (unpaired) electrons. The minimum absolute atomic E-state index is 0.0376. The van der Waals surface area contributed by atoms with Crippen LogP contribution in [0.1, 0.15) is 5.56 Å². The van der Waals surface area contributed by atoms with E-state index >= 15 is 0 Å². The standard InChI is InChI=1S/C15H20O8/c1-21-11(17)6-8-4-2-3-5-9(8)22-15-14(20)13(19)12(18)10(7-16)23-15/h2-5,10,12-16,18-20H,6-7H2,1H3/t10-,12-,13+,14-,15-/m1/s1. The summed E-state index contributed by atoms with van der Waals surface area (Å²) < 4.78 is 15.4. The van der Waals surface area contributed by atoms with Gasteiger partial charge in [0, 0.05) is 5.56 Å². The molecule has 1 aliphatic rings. The van der Waals surface area contributed by atoms with Gasteiger partial charge in [0.05, 0.1) is 20.1 Å². The summed E-state index contributed by atoms with van der Waals surface area (Å²) in [6.45, 7) is -0.547. The van der Waals surface area contributed by atoms with E-state index in [-0.39, 0.29) is 12.2 Å². The van der Waals surface area contributed by atoms with Gasteiger partial charge < -0.3 is 34.6 Å². The van der Waals surface area contributed by atoms with E-state index in [0.717, 1.165) is 0 Å². The first-order chi connectivity index (χ1) is 11.0. The molecule has 8 heteroatoms. The van der Waals surface area contributed by atoms with Crippen molar-refractivity contribution < 1.29 is 39.4 Å². The number of carbonyl (C=O) groups excluding carboxylic acids is 1. The van der Waals surface area contributed by atoms with Crippen LogP contribution in [0.15, 0.2) is 24.3 Å². The number of hydrogen-bond donors (Lipinski definition) is 4. The van der Waals surface area contributed by atoms with Crippen LogP contribution in [0, 0.1) is 0 Å². The highest BCUT2D eigenvalue weighted by Gasteiger charge is 2.44. The summed E-state index contributed by atoms with van der Waals surface area (Å²) in [5.41, 5.74) is 0.510. The molecule has 2 rings (SSSR count). The zero-order valence-corrected chi connectivity index (χ0v) is 12.5. The molecule has 4 N–H and O–H groups in total. The molecule has 0 aromatic heterocycles. The number of benzene rings is 1. The molecule has 0 amide bonds. The molecule has 128 valence electrons. The number of carbonyl (C=O) groups is 1. The third kappa shape index (κ3) is 3.98. The summed E-state index contributed by atoms with van der Waals surface area (Å²) in [6.07, 6.45) is -6.90. The number of para-hydroxylation sites is 1. The molecule has 1 fully saturated rings. The van der Waals surface area contributed by atoms with E-state index in [1.54, 1.807) is 24.3 Å². The van der Waals surface area contributed by atoms with Gasteiger partial charge in [0.1, 0.15) is 30.2 Å². The van der Waals surface area contributed by atoms with Gasteiger partial charge in [0.25, 0.3) is 0 Å². The molecule has 1 aromatic rings. The molecule has 1 saturated heterocycles. The highest BCUT2D eigenvalue weighted by Crippen LogP contribution is 2.26. The zero-order chi connectivity index (χ0) is 17.0. The summed E-state index contributed by atoms with van der Waals surface area (Å²) in [5.74, 6) is -0.197. The number of rotatable bonds is 5. The monoisotopic (exact) mass is 328 g/mol. The van der Waals surface area contributed by atoms with Crippen LogP contribution >= 0.6 is 0 Å². The van der Waals surface area contributed by atoms with E-state index in [0.29, 0.717) is 5.56 Å². The fourth-order valence-electron chi connectivity index (χ4n) is 2.28. The van der Waals surface area contributed by atoms with Crippen LogP contribution < -0.4 is 4.74 Å². The molecule has 0 aliphatic carbocycles. The van der Waals surface area contributed by atoms with E-state index in [9.17, 15) is 20.1 Å². The van der Waals surface area contributed by atoms with E-state index in [1.165, 1.54) is 7.11 Å². The number of hydrogen-bond acceptors (Lipinski definition) is 8. The smallest absolute Gasteiger partial charge is 0.310 e. The van der Waals surface area contributed by atoms with Crippen LogP contribution in [0.4, 0.5) is 0 Å². The first kappa shape index (κ1) is 17.6. The summed E-state index contributed by atoms with van der Waals surface area (Å²) in [4.78, 5) is 11.4. The van der Waals surface area contributed by atoms with Crippen LogP contribution in [0.2, 0.25) is 0 Å². The van der Waals surface area contributed by atoms with Crippen molar-refractivity contribution in [2.75, 3.05) is 13.7 Å². The Morgan fingerprint density at radius 1 is 1.17 bits per heavy atom. The van der Waals surface area contributed by atoms with Gasteiger partial charge in [-0.15, -0.1) is 0 Å². The average molecular weight is 328 g/mol. The Labute approximate surface area is 132 Å². The minimum Gasteiger partial charge on any atom is -0.469 e. The molecule has 8 nitrogen and oxygen atoms in total. The Morgan fingerprint density at radius 3 is 2.52 bits per heavy atom. The Hall–Kier alpha value is -1.71. The zero-order valence-electron chi connectivity index (χ0n) is 12.5. The summed E-state index contributed by atoms with van der Waals surface area (Å²) in [7, 11) is 1.27. The van der Waals surface area contributed by atoms with Crippen molar-refractivity contribution in [2.24, 2.45) is 0 Å². The van der Waals surface area contributed by atoms with Gasteiger partial charge in [-0.3, -0.25) is 4.79 Å². The molecule has 1 heterocycles. The van der Waals surface area contributed by atoms with Crippen LogP contribution in [-0.4, -0.2) is 70.8 Å². The topological polar surface area (TPSA) is 126 Å². The van der Waals surface area contributed by atoms with Crippen LogP contribution in [0.3, 0.4) is 0 Å². The molecule has 1 aromatic carbocycles. The Balaban J connectivity index is 2.16. The van der Waals surface area contributed by atoms with E-state index < -0.39 is 43.3 Å². The molecular formula is C15H20O8. The second-order valence-electron chi connectivity index (χ2n) is 5.18. The normalized spacial score (nSPS) is 30.7. The van der Waals surface area contributed by atoms with Crippen LogP contribution in [0.5, 0.6) is 5.75 Å². The van der Waals surface area contributed by atoms with Crippen molar-refractivity contribution in [2.45, 2.75) is 37.1 Å². The molecular weight excluding hydrogens is 308 g/mol. The fourth-order valence-corrected chi connectivity index (χ4v) is 2.28. The van der Waals surface area contributed by atoms with Gasteiger partial charge in [-0.2, -0.15) is 0 Å². The molecule has 1 aliphatic heterocycles. The largest absolute Gasteiger partial charge is 0.469 e. The molecule has 0 saturated carbocycles. The van der Waals surface area contributed by atoms with Crippen molar-refractivity contribution in [3.8, 4) is 5.75 Å². The van der Waals surface area contributed by atoms with Gasteiger partial charge in [0.2, 0.25) is 6.29 Å². The van der Waals surface area contributed by atoms with Gasteiger partial charge in [-0.1, -0.05) is 18.2 Å². The average Bonchev–Trinajstić information content (AvgIpc) is 2.56. The minimum atomic E-state index is -1.53. The van der Waals surface area contributed by atoms with Crippen molar-refractivity contribution in [3.63, 3.8) is 0 Å². The van der Waals surface area contributed by atoms with Crippen molar-refractivity contribution >= 4 is 5.97 Å². The van der Waals surface area contributed by atoms with Gasteiger partial charge in [-0.05, 0) is 6.07 Å². The molecule has 23 heavy (non-hydrogen) atoms. The third-order valence-electron chi connectivity index (χ3n) is 3.63. The lowest BCUT2D eigenvalue weighted by molar-refractivity contribution is -0.277. The maximum atomic E-state index is 11.4. The Morgan fingerprint density at radius 2 is 1.87 bits per heavy atom. The molecule has 0 spiro atoms. The quantitative estimate of drug-likeness (QED) is 0.485. The Kier molecular flexibility index (Phi) is 5.91. The highest BCUT2D eigenvalue weighted by atomic mass is 16.7. The lowest BCUT2D eigenvalue weighted by Gasteiger charge is -2.39. The number of ether oxygens (including phenoxy) is 3.